The SMILES string of the molecule is Cn1c(=O)c2c(nc(Cl)n2Cc2nc(-c3cccc(Cl)c3)no2)n(C)c1=O. The summed E-state index contributed by atoms with van der Waals surface area (Å²) in [5, 5.41) is 4.51. The first-order valence-electron chi connectivity index (χ1n) is 7.77. The molecule has 0 fully saturated rings. The van der Waals surface area contributed by atoms with Crippen LogP contribution in [0.2, 0.25) is 10.3 Å². The summed E-state index contributed by atoms with van der Waals surface area (Å²) in [6.45, 7) is 0.0241. The van der Waals surface area contributed by atoms with Crippen LogP contribution in [0.4, 0.5) is 0 Å². The molecule has 138 valence electrons. The molecule has 1 aromatic carbocycles. The molecule has 9 nitrogen and oxygen atoms in total. The molecule has 3 aromatic heterocycles. The highest BCUT2D eigenvalue weighted by atomic mass is 35.5. The van der Waals surface area contributed by atoms with Gasteiger partial charge in [-0.1, -0.05) is 28.9 Å². The van der Waals surface area contributed by atoms with Crippen LogP contribution in [0.15, 0.2) is 38.4 Å². The van der Waals surface area contributed by atoms with Crippen LogP contribution in [0.3, 0.4) is 0 Å². The van der Waals surface area contributed by atoms with Crippen molar-refractivity contribution in [2.24, 2.45) is 14.1 Å². The molecular formula is C16H12Cl2N6O3. The number of hydrogen-bond donors (Lipinski definition) is 0. The highest BCUT2D eigenvalue weighted by molar-refractivity contribution is 6.30. The predicted octanol–water partition coefficient (Wildman–Crippen LogP) is 1.84. The van der Waals surface area contributed by atoms with E-state index in [1.54, 1.807) is 24.3 Å². The van der Waals surface area contributed by atoms with Gasteiger partial charge in [-0.3, -0.25) is 18.5 Å². The van der Waals surface area contributed by atoms with E-state index in [1.165, 1.54) is 23.2 Å². The van der Waals surface area contributed by atoms with Crippen LogP contribution >= 0.6 is 23.2 Å². The van der Waals surface area contributed by atoms with Crippen molar-refractivity contribution in [2.45, 2.75) is 6.54 Å². The maximum Gasteiger partial charge on any atom is 0.332 e. The molecule has 3 heterocycles. The van der Waals surface area contributed by atoms with Crippen LogP contribution in [0.1, 0.15) is 5.89 Å². The molecule has 0 amide bonds. The Morgan fingerprint density at radius 1 is 1.11 bits per heavy atom. The first kappa shape index (κ1) is 17.5. The first-order valence-corrected chi connectivity index (χ1v) is 8.52. The minimum atomic E-state index is -0.512. The fraction of sp³-hybridized carbons (Fsp3) is 0.188. The number of fused-ring (bicyclic) bond motifs is 1. The monoisotopic (exact) mass is 406 g/mol. The van der Waals surface area contributed by atoms with Gasteiger partial charge in [0.05, 0.1) is 0 Å². The van der Waals surface area contributed by atoms with Gasteiger partial charge in [-0.2, -0.15) is 9.97 Å². The van der Waals surface area contributed by atoms with E-state index in [9.17, 15) is 9.59 Å². The Kier molecular flexibility index (Phi) is 4.12. The van der Waals surface area contributed by atoms with E-state index < -0.39 is 11.2 Å². The highest BCUT2D eigenvalue weighted by Crippen LogP contribution is 2.21. The predicted molar refractivity (Wildman–Crippen MR) is 99.1 cm³/mol. The van der Waals surface area contributed by atoms with Gasteiger partial charge >= 0.3 is 5.69 Å². The second-order valence-electron chi connectivity index (χ2n) is 5.87. The number of benzene rings is 1. The van der Waals surface area contributed by atoms with Crippen molar-refractivity contribution in [1.82, 2.24) is 28.8 Å². The fourth-order valence-electron chi connectivity index (χ4n) is 2.76. The molecule has 4 rings (SSSR count). The quantitative estimate of drug-likeness (QED) is 0.481. The normalized spacial score (nSPS) is 11.4. The summed E-state index contributed by atoms with van der Waals surface area (Å²) in [6.07, 6.45) is 0. The van der Waals surface area contributed by atoms with Gasteiger partial charge in [0, 0.05) is 24.7 Å². The molecule has 0 unspecified atom stereocenters. The molecule has 27 heavy (non-hydrogen) atoms. The van der Waals surface area contributed by atoms with E-state index in [0.29, 0.717) is 16.4 Å². The third kappa shape index (κ3) is 2.84. The lowest BCUT2D eigenvalue weighted by Gasteiger charge is -2.05. The molecule has 0 aliphatic heterocycles. The number of hydrogen-bond acceptors (Lipinski definition) is 6. The topological polar surface area (TPSA) is 101 Å². The Labute approximate surface area is 161 Å². The van der Waals surface area contributed by atoms with Crippen molar-refractivity contribution in [1.29, 1.82) is 0 Å². The second kappa shape index (κ2) is 6.36. The largest absolute Gasteiger partial charge is 0.337 e. The van der Waals surface area contributed by atoms with E-state index >= 15 is 0 Å². The van der Waals surface area contributed by atoms with Crippen molar-refractivity contribution >= 4 is 34.4 Å². The van der Waals surface area contributed by atoms with E-state index in [1.807, 2.05) is 0 Å². The number of imidazole rings is 1. The van der Waals surface area contributed by atoms with Crippen LogP contribution in [0, 0.1) is 0 Å². The minimum absolute atomic E-state index is 0.0241. The Morgan fingerprint density at radius 2 is 1.89 bits per heavy atom. The van der Waals surface area contributed by atoms with Gasteiger partial charge in [-0.05, 0) is 23.7 Å². The van der Waals surface area contributed by atoms with Gasteiger partial charge in [0.25, 0.3) is 5.56 Å². The molecule has 0 saturated heterocycles. The number of nitrogens with zero attached hydrogens (tertiary/aromatic N) is 6. The first-order chi connectivity index (χ1) is 12.9. The number of aromatic nitrogens is 6. The Hall–Kier alpha value is -2.91. The van der Waals surface area contributed by atoms with Gasteiger partial charge < -0.3 is 4.52 Å². The molecule has 0 N–H and O–H groups in total. The lowest BCUT2D eigenvalue weighted by atomic mass is 10.2. The van der Waals surface area contributed by atoms with Gasteiger partial charge in [0.1, 0.15) is 6.54 Å². The van der Waals surface area contributed by atoms with Crippen LogP contribution < -0.4 is 11.2 Å². The molecule has 4 aromatic rings. The Balaban J connectivity index is 1.80. The van der Waals surface area contributed by atoms with Gasteiger partial charge in [0.15, 0.2) is 11.2 Å². The molecule has 11 heteroatoms. The van der Waals surface area contributed by atoms with Crippen molar-refractivity contribution < 1.29 is 4.52 Å². The summed E-state index contributed by atoms with van der Waals surface area (Å²) in [4.78, 5) is 33.0. The number of rotatable bonds is 3. The summed E-state index contributed by atoms with van der Waals surface area (Å²) in [5.74, 6) is 0.579. The smallest absolute Gasteiger partial charge is 0.332 e. The molecule has 0 aliphatic carbocycles. The van der Waals surface area contributed by atoms with Crippen LogP contribution in [0.5, 0.6) is 0 Å². The summed E-state index contributed by atoms with van der Waals surface area (Å²) < 4.78 is 8.94. The third-order valence-corrected chi connectivity index (χ3v) is 4.67. The maximum atomic E-state index is 12.5. The molecule has 0 radical (unpaired) electrons. The van der Waals surface area contributed by atoms with Gasteiger partial charge in [0.2, 0.25) is 17.0 Å². The second-order valence-corrected chi connectivity index (χ2v) is 6.64. The zero-order valence-corrected chi connectivity index (χ0v) is 15.7. The highest BCUT2D eigenvalue weighted by Gasteiger charge is 2.20. The molecule has 0 bridgehead atoms. The zero-order valence-electron chi connectivity index (χ0n) is 14.2. The summed E-state index contributed by atoms with van der Waals surface area (Å²) in [7, 11) is 2.90. The minimum Gasteiger partial charge on any atom is -0.337 e. The summed E-state index contributed by atoms with van der Waals surface area (Å²) >= 11 is 12.2. The lowest BCUT2D eigenvalue weighted by molar-refractivity contribution is 0.372. The molecular weight excluding hydrogens is 395 g/mol. The zero-order chi connectivity index (χ0) is 19.3. The van der Waals surface area contributed by atoms with Crippen LogP contribution in [-0.2, 0) is 20.6 Å². The fourth-order valence-corrected chi connectivity index (χ4v) is 3.18. The van der Waals surface area contributed by atoms with E-state index in [-0.39, 0.29) is 28.9 Å². The standard InChI is InChI=1S/C16H12Cl2N6O3/c1-22-13-11(14(25)23(2)16(22)26)24(15(18)20-13)7-10-19-12(21-27-10)8-4-3-5-9(17)6-8/h3-6H,7H2,1-2H3. The van der Waals surface area contributed by atoms with Crippen molar-refractivity contribution in [3.05, 3.63) is 61.3 Å². The van der Waals surface area contributed by atoms with Crippen molar-refractivity contribution in [3.8, 4) is 11.4 Å². The van der Waals surface area contributed by atoms with E-state index in [4.69, 9.17) is 27.7 Å². The third-order valence-electron chi connectivity index (χ3n) is 4.15. The maximum absolute atomic E-state index is 12.5. The molecule has 0 atom stereocenters. The van der Waals surface area contributed by atoms with Crippen LogP contribution in [0.25, 0.3) is 22.6 Å². The van der Waals surface area contributed by atoms with Gasteiger partial charge in [-0.25, -0.2) is 4.79 Å². The van der Waals surface area contributed by atoms with Crippen LogP contribution in [-0.4, -0.2) is 28.8 Å². The van der Waals surface area contributed by atoms with Crippen molar-refractivity contribution in [2.75, 3.05) is 0 Å². The number of halogens is 2. The molecule has 0 aliphatic rings. The van der Waals surface area contributed by atoms with E-state index in [0.717, 1.165) is 4.57 Å². The van der Waals surface area contributed by atoms with Gasteiger partial charge in [-0.15, -0.1) is 0 Å². The summed E-state index contributed by atoms with van der Waals surface area (Å²) in [6, 6.07) is 7.02. The van der Waals surface area contributed by atoms with E-state index in [2.05, 4.69) is 15.1 Å². The summed E-state index contributed by atoms with van der Waals surface area (Å²) in [5.41, 5.74) is 0.0455. The lowest BCUT2D eigenvalue weighted by Crippen LogP contribution is -2.37. The number of aryl methyl sites for hydroxylation is 1. The molecule has 0 saturated carbocycles. The van der Waals surface area contributed by atoms with Crippen molar-refractivity contribution in [3.63, 3.8) is 0 Å². The average molecular weight is 407 g/mol. The Bertz CT molecular complexity index is 1300. The Morgan fingerprint density at radius 3 is 2.63 bits per heavy atom. The molecule has 0 spiro atoms. The average Bonchev–Trinajstić information content (AvgIpc) is 3.24.